The SMILES string of the molecule is O=C(O)c1ccc(F)c(N2CC(Cl)CC2=O)c1. The zero-order valence-electron chi connectivity index (χ0n) is 8.69. The Balaban J connectivity index is 2.41. The normalized spacial score (nSPS) is 19.8. The molecule has 1 fully saturated rings. The van der Waals surface area contributed by atoms with E-state index in [0.29, 0.717) is 0 Å². The molecule has 1 aromatic carbocycles. The fraction of sp³-hybridized carbons (Fsp3) is 0.273. The van der Waals surface area contributed by atoms with Gasteiger partial charge in [-0.25, -0.2) is 9.18 Å². The number of hydrogen-bond donors (Lipinski definition) is 1. The molecule has 6 heteroatoms. The summed E-state index contributed by atoms with van der Waals surface area (Å²) in [5, 5.41) is 8.44. The quantitative estimate of drug-likeness (QED) is 0.823. The topological polar surface area (TPSA) is 57.6 Å². The maximum absolute atomic E-state index is 13.6. The van der Waals surface area contributed by atoms with Gasteiger partial charge in [-0.15, -0.1) is 11.6 Å². The van der Waals surface area contributed by atoms with E-state index in [0.717, 1.165) is 18.2 Å². The van der Waals surface area contributed by atoms with Crippen molar-refractivity contribution in [3.8, 4) is 0 Å². The van der Waals surface area contributed by atoms with Gasteiger partial charge in [0, 0.05) is 13.0 Å². The Bertz CT molecular complexity index is 492. The molecule has 1 saturated heterocycles. The van der Waals surface area contributed by atoms with Crippen molar-refractivity contribution in [3.63, 3.8) is 0 Å². The van der Waals surface area contributed by atoms with Crippen LogP contribution in [-0.4, -0.2) is 28.9 Å². The van der Waals surface area contributed by atoms with Gasteiger partial charge < -0.3 is 10.0 Å². The van der Waals surface area contributed by atoms with Crippen molar-refractivity contribution in [1.29, 1.82) is 0 Å². The smallest absolute Gasteiger partial charge is 0.335 e. The number of rotatable bonds is 2. The second kappa shape index (κ2) is 4.33. The van der Waals surface area contributed by atoms with Gasteiger partial charge in [-0.05, 0) is 18.2 Å². The minimum atomic E-state index is -1.17. The highest BCUT2D eigenvalue weighted by Crippen LogP contribution is 2.27. The van der Waals surface area contributed by atoms with Gasteiger partial charge in [0.15, 0.2) is 0 Å². The van der Waals surface area contributed by atoms with Gasteiger partial charge in [0.05, 0.1) is 16.6 Å². The van der Waals surface area contributed by atoms with E-state index in [2.05, 4.69) is 0 Å². The lowest BCUT2D eigenvalue weighted by Gasteiger charge is -2.17. The summed E-state index contributed by atoms with van der Waals surface area (Å²) in [7, 11) is 0. The molecule has 0 aromatic heterocycles. The summed E-state index contributed by atoms with van der Waals surface area (Å²) in [5.41, 5.74) is -0.0923. The molecule has 17 heavy (non-hydrogen) atoms. The average Bonchev–Trinajstić information content (AvgIpc) is 2.58. The third-order valence-electron chi connectivity index (χ3n) is 2.56. The first-order valence-electron chi connectivity index (χ1n) is 4.96. The number of carboxylic acids is 1. The number of carbonyl (C=O) groups excluding carboxylic acids is 1. The fourth-order valence-electron chi connectivity index (χ4n) is 1.75. The maximum Gasteiger partial charge on any atom is 0.335 e. The minimum Gasteiger partial charge on any atom is -0.478 e. The minimum absolute atomic E-state index is 0.0296. The Morgan fingerprint density at radius 3 is 2.76 bits per heavy atom. The van der Waals surface area contributed by atoms with Gasteiger partial charge in [0.25, 0.3) is 0 Å². The maximum atomic E-state index is 13.6. The van der Waals surface area contributed by atoms with E-state index in [1.165, 1.54) is 4.90 Å². The molecule has 1 aromatic rings. The molecule has 2 rings (SSSR count). The number of halogens is 2. The van der Waals surface area contributed by atoms with Crippen molar-refractivity contribution < 1.29 is 19.1 Å². The van der Waals surface area contributed by atoms with Crippen molar-refractivity contribution in [3.05, 3.63) is 29.6 Å². The van der Waals surface area contributed by atoms with E-state index in [1.807, 2.05) is 0 Å². The molecule has 0 radical (unpaired) electrons. The highest BCUT2D eigenvalue weighted by Gasteiger charge is 2.31. The van der Waals surface area contributed by atoms with Crippen LogP contribution in [0.15, 0.2) is 18.2 Å². The van der Waals surface area contributed by atoms with Gasteiger partial charge in [-0.1, -0.05) is 0 Å². The molecule has 1 heterocycles. The Morgan fingerprint density at radius 2 is 2.24 bits per heavy atom. The highest BCUT2D eigenvalue weighted by atomic mass is 35.5. The molecule has 1 aliphatic heterocycles. The number of carboxylic acid groups (broad SMARTS) is 1. The fourth-order valence-corrected chi connectivity index (χ4v) is 2.02. The molecule has 4 nitrogen and oxygen atoms in total. The monoisotopic (exact) mass is 257 g/mol. The molecular formula is C11H9ClFNO3. The third-order valence-corrected chi connectivity index (χ3v) is 2.85. The second-order valence-corrected chi connectivity index (χ2v) is 4.39. The molecule has 0 bridgehead atoms. The summed E-state index contributed by atoms with van der Waals surface area (Å²) in [6.07, 6.45) is 0.137. The van der Waals surface area contributed by atoms with Crippen molar-refractivity contribution in [2.75, 3.05) is 11.4 Å². The summed E-state index contributed by atoms with van der Waals surface area (Å²) >= 11 is 5.81. The average molecular weight is 258 g/mol. The van der Waals surface area contributed by atoms with Crippen LogP contribution in [0.1, 0.15) is 16.8 Å². The highest BCUT2D eigenvalue weighted by molar-refractivity contribution is 6.24. The Morgan fingerprint density at radius 1 is 1.53 bits per heavy atom. The standard InChI is InChI=1S/C11H9ClFNO3/c12-7-4-10(15)14(5-7)9-3-6(11(16)17)1-2-8(9)13/h1-3,7H,4-5H2,(H,16,17). The number of alkyl halides is 1. The van der Waals surface area contributed by atoms with E-state index >= 15 is 0 Å². The van der Waals surface area contributed by atoms with E-state index in [4.69, 9.17) is 16.7 Å². The summed E-state index contributed by atoms with van der Waals surface area (Å²) in [6.45, 7) is 0.195. The van der Waals surface area contributed by atoms with Crippen LogP contribution in [0.3, 0.4) is 0 Å². The first-order valence-corrected chi connectivity index (χ1v) is 5.40. The molecule has 1 N–H and O–H groups in total. The van der Waals surface area contributed by atoms with E-state index in [1.54, 1.807) is 0 Å². The van der Waals surface area contributed by atoms with Gasteiger partial charge >= 0.3 is 5.97 Å². The number of hydrogen-bond acceptors (Lipinski definition) is 2. The number of anilines is 1. The first kappa shape index (κ1) is 11.9. The predicted molar refractivity (Wildman–Crippen MR) is 60.0 cm³/mol. The lowest BCUT2D eigenvalue weighted by molar-refractivity contribution is -0.117. The van der Waals surface area contributed by atoms with E-state index in [9.17, 15) is 14.0 Å². The van der Waals surface area contributed by atoms with Crippen molar-refractivity contribution >= 4 is 29.2 Å². The summed E-state index contributed by atoms with van der Waals surface area (Å²) < 4.78 is 13.6. The van der Waals surface area contributed by atoms with Gasteiger partial charge in [-0.2, -0.15) is 0 Å². The van der Waals surface area contributed by atoms with Crippen LogP contribution in [0.5, 0.6) is 0 Å². The Hall–Kier alpha value is -1.62. The molecular weight excluding hydrogens is 249 g/mol. The summed E-state index contributed by atoms with van der Waals surface area (Å²) in [4.78, 5) is 23.5. The predicted octanol–water partition coefficient (Wildman–Crippen LogP) is 1.87. The number of amides is 1. The van der Waals surface area contributed by atoms with Crippen LogP contribution in [0.2, 0.25) is 0 Å². The summed E-state index contributed by atoms with van der Waals surface area (Å²) in [6, 6.07) is 3.33. The molecule has 0 spiro atoms. The molecule has 0 saturated carbocycles. The lowest BCUT2D eigenvalue weighted by Crippen LogP contribution is -2.26. The van der Waals surface area contributed by atoms with E-state index < -0.39 is 11.8 Å². The lowest BCUT2D eigenvalue weighted by atomic mass is 10.2. The van der Waals surface area contributed by atoms with Gasteiger partial charge in [-0.3, -0.25) is 4.79 Å². The van der Waals surface area contributed by atoms with Crippen LogP contribution >= 0.6 is 11.6 Å². The molecule has 0 aliphatic carbocycles. The number of nitrogens with zero attached hydrogens (tertiary/aromatic N) is 1. The number of carbonyl (C=O) groups is 2. The zero-order valence-corrected chi connectivity index (χ0v) is 9.45. The second-order valence-electron chi connectivity index (χ2n) is 3.78. The molecule has 90 valence electrons. The van der Waals surface area contributed by atoms with Gasteiger partial charge in [0.1, 0.15) is 5.82 Å². The Labute approximate surface area is 102 Å². The van der Waals surface area contributed by atoms with Crippen LogP contribution in [-0.2, 0) is 4.79 Å². The van der Waals surface area contributed by atoms with Crippen molar-refractivity contribution in [2.24, 2.45) is 0 Å². The van der Waals surface area contributed by atoms with Crippen molar-refractivity contribution in [1.82, 2.24) is 0 Å². The molecule has 1 unspecified atom stereocenters. The number of aromatic carboxylic acids is 1. The van der Waals surface area contributed by atoms with Crippen LogP contribution in [0.4, 0.5) is 10.1 Å². The van der Waals surface area contributed by atoms with Crippen LogP contribution in [0, 0.1) is 5.82 Å². The van der Waals surface area contributed by atoms with Crippen LogP contribution < -0.4 is 4.90 Å². The van der Waals surface area contributed by atoms with E-state index in [-0.39, 0.29) is 35.5 Å². The third kappa shape index (κ3) is 2.24. The zero-order chi connectivity index (χ0) is 12.6. The first-order chi connectivity index (χ1) is 7.99. The molecule has 1 aliphatic rings. The van der Waals surface area contributed by atoms with Crippen LogP contribution in [0.25, 0.3) is 0 Å². The molecule has 1 amide bonds. The Kier molecular flexibility index (Phi) is 3.02. The van der Waals surface area contributed by atoms with Crippen molar-refractivity contribution in [2.45, 2.75) is 11.8 Å². The molecule has 1 atom stereocenters. The summed E-state index contributed by atoms with van der Waals surface area (Å²) in [5.74, 6) is -2.10. The largest absolute Gasteiger partial charge is 0.478 e. The van der Waals surface area contributed by atoms with Gasteiger partial charge in [0.2, 0.25) is 5.91 Å². The number of benzene rings is 1.